The van der Waals surface area contributed by atoms with E-state index >= 15 is 0 Å². The molecule has 0 saturated carbocycles. The average molecular weight is 336 g/mol. The molecular formula is C15H20N4O3S. The molecule has 2 aromatic rings. The predicted octanol–water partition coefficient (Wildman–Crippen LogP) is 1.65. The maximum atomic E-state index is 11.8. The third-order valence-corrected chi connectivity index (χ3v) is 5.41. The molecule has 8 heteroatoms. The number of carbonyl (C=O) groups excluding carboxylic acids is 1. The van der Waals surface area contributed by atoms with Gasteiger partial charge in [0, 0.05) is 5.69 Å². The van der Waals surface area contributed by atoms with Crippen LogP contribution in [0.2, 0.25) is 0 Å². The quantitative estimate of drug-likeness (QED) is 0.896. The maximum Gasteiger partial charge on any atom is 0.239 e. The van der Waals surface area contributed by atoms with Gasteiger partial charge in [0.1, 0.15) is 5.75 Å². The van der Waals surface area contributed by atoms with Gasteiger partial charge in [0.2, 0.25) is 5.91 Å². The van der Waals surface area contributed by atoms with Gasteiger partial charge in [-0.3, -0.25) is 4.79 Å². The molecule has 124 valence electrons. The Morgan fingerprint density at radius 1 is 1.30 bits per heavy atom. The van der Waals surface area contributed by atoms with Crippen molar-refractivity contribution in [2.45, 2.75) is 32.9 Å². The molecule has 0 saturated heterocycles. The lowest BCUT2D eigenvalue weighted by Gasteiger charge is -2.09. The molecular weight excluding hydrogens is 316 g/mol. The van der Waals surface area contributed by atoms with Gasteiger partial charge >= 0.3 is 0 Å². The summed E-state index contributed by atoms with van der Waals surface area (Å²) in [5, 5.41) is 6.28. The summed E-state index contributed by atoms with van der Waals surface area (Å²) < 4.78 is 25.1. The van der Waals surface area contributed by atoms with E-state index in [1.807, 2.05) is 19.9 Å². The van der Waals surface area contributed by atoms with Crippen molar-refractivity contribution >= 4 is 21.4 Å². The van der Waals surface area contributed by atoms with E-state index in [2.05, 4.69) is 15.4 Å². The van der Waals surface area contributed by atoms with Crippen LogP contribution in [0.3, 0.4) is 0 Å². The van der Waals surface area contributed by atoms with Crippen molar-refractivity contribution < 1.29 is 13.2 Å². The van der Waals surface area contributed by atoms with E-state index in [4.69, 9.17) is 0 Å². The van der Waals surface area contributed by atoms with Crippen molar-refractivity contribution in [3.05, 3.63) is 35.8 Å². The Labute approximate surface area is 135 Å². The Morgan fingerprint density at radius 3 is 2.48 bits per heavy atom. The summed E-state index contributed by atoms with van der Waals surface area (Å²) in [5.74, 6) is -0.480. The number of amides is 1. The summed E-state index contributed by atoms with van der Waals surface area (Å²) in [4.78, 5) is 16.1. The molecule has 0 aliphatic carbocycles. The number of aryl methyl sites for hydroxylation is 2. The molecule has 1 amide bonds. The lowest BCUT2D eigenvalue weighted by Crippen LogP contribution is -2.27. The van der Waals surface area contributed by atoms with Gasteiger partial charge in [-0.15, -0.1) is 0 Å². The smallest absolute Gasteiger partial charge is 0.239 e. The molecule has 23 heavy (non-hydrogen) atoms. The topological polar surface area (TPSA) is 94.0 Å². The first-order valence-corrected chi connectivity index (χ1v) is 8.91. The van der Waals surface area contributed by atoms with E-state index in [1.54, 1.807) is 30.7 Å². The average Bonchev–Trinajstić information content (AvgIpc) is 2.77. The number of hydrogen-bond donors (Lipinski definition) is 1. The molecule has 1 N–H and O–H groups in total. The fourth-order valence-corrected chi connectivity index (χ4v) is 2.76. The van der Waals surface area contributed by atoms with Crippen LogP contribution in [0, 0.1) is 13.8 Å². The van der Waals surface area contributed by atoms with E-state index in [0.29, 0.717) is 11.5 Å². The first kappa shape index (κ1) is 17.1. The zero-order valence-electron chi connectivity index (χ0n) is 13.6. The predicted molar refractivity (Wildman–Crippen MR) is 88.4 cm³/mol. The van der Waals surface area contributed by atoms with Gasteiger partial charge in [0.15, 0.2) is 15.7 Å². The monoisotopic (exact) mass is 336 g/mol. The van der Waals surface area contributed by atoms with Crippen LogP contribution in [0.25, 0.3) is 5.82 Å². The third-order valence-electron chi connectivity index (χ3n) is 3.31. The van der Waals surface area contributed by atoms with Gasteiger partial charge in [0.05, 0.1) is 22.8 Å². The summed E-state index contributed by atoms with van der Waals surface area (Å²) in [7, 11) is -3.42. The molecule has 0 aliphatic rings. The van der Waals surface area contributed by atoms with Gasteiger partial charge in [-0.1, -0.05) is 0 Å². The van der Waals surface area contributed by atoms with E-state index in [9.17, 15) is 13.2 Å². The molecule has 0 unspecified atom stereocenters. The first-order valence-electron chi connectivity index (χ1n) is 7.20. The van der Waals surface area contributed by atoms with Crippen molar-refractivity contribution in [2.75, 3.05) is 11.1 Å². The fourth-order valence-electron chi connectivity index (χ4n) is 1.99. The number of nitrogens with one attached hydrogen (secondary N) is 1. The van der Waals surface area contributed by atoms with Crippen LogP contribution in [0.4, 0.5) is 5.69 Å². The van der Waals surface area contributed by atoms with Crippen LogP contribution in [0.5, 0.6) is 0 Å². The Balaban J connectivity index is 2.09. The molecule has 0 atom stereocenters. The lowest BCUT2D eigenvalue weighted by atomic mass is 10.4. The highest BCUT2D eigenvalue weighted by Gasteiger charge is 2.20. The number of nitrogens with zero attached hydrogens (tertiary/aromatic N) is 3. The van der Waals surface area contributed by atoms with E-state index in [-0.39, 0.29) is 0 Å². The van der Waals surface area contributed by atoms with Gasteiger partial charge in [-0.05, 0) is 45.9 Å². The summed E-state index contributed by atoms with van der Waals surface area (Å²) in [6, 6.07) is 5.32. The van der Waals surface area contributed by atoms with E-state index in [0.717, 1.165) is 11.4 Å². The highest BCUT2D eigenvalue weighted by molar-refractivity contribution is 7.92. The Hall–Kier alpha value is -2.22. The molecule has 0 fully saturated rings. The third kappa shape index (κ3) is 4.16. The molecule has 2 rings (SSSR count). The second kappa shape index (κ2) is 6.49. The highest BCUT2D eigenvalue weighted by Crippen LogP contribution is 2.13. The van der Waals surface area contributed by atoms with Gasteiger partial charge in [-0.25, -0.2) is 18.1 Å². The van der Waals surface area contributed by atoms with Crippen LogP contribution in [-0.2, 0) is 14.6 Å². The number of rotatable bonds is 5. The molecule has 0 radical (unpaired) electrons. The zero-order valence-corrected chi connectivity index (χ0v) is 14.4. The lowest BCUT2D eigenvalue weighted by molar-refractivity contribution is -0.113. The van der Waals surface area contributed by atoms with Crippen LogP contribution < -0.4 is 5.32 Å². The molecule has 7 nitrogen and oxygen atoms in total. The number of carbonyl (C=O) groups is 1. The van der Waals surface area contributed by atoms with Gasteiger partial charge in [0.25, 0.3) is 0 Å². The number of aromatic nitrogens is 3. The van der Waals surface area contributed by atoms with Crippen molar-refractivity contribution in [3.63, 3.8) is 0 Å². The number of anilines is 1. The zero-order chi connectivity index (χ0) is 17.2. The largest absolute Gasteiger partial charge is 0.324 e. The molecule has 0 bridgehead atoms. The van der Waals surface area contributed by atoms with E-state index < -0.39 is 26.7 Å². The minimum Gasteiger partial charge on any atom is -0.324 e. The second-order valence-corrected chi connectivity index (χ2v) is 8.21. The van der Waals surface area contributed by atoms with Crippen LogP contribution in [0.15, 0.2) is 24.4 Å². The number of sulfone groups is 1. The maximum absolute atomic E-state index is 11.8. The summed E-state index contributed by atoms with van der Waals surface area (Å²) in [5.41, 5.74) is 2.29. The van der Waals surface area contributed by atoms with Gasteiger partial charge < -0.3 is 5.32 Å². The summed E-state index contributed by atoms with van der Waals surface area (Å²) in [6.07, 6.45) is 1.48. The Morgan fingerprint density at radius 2 is 2.00 bits per heavy atom. The van der Waals surface area contributed by atoms with Crippen LogP contribution >= 0.6 is 0 Å². The van der Waals surface area contributed by atoms with Crippen molar-refractivity contribution in [3.8, 4) is 5.82 Å². The number of hydrogen-bond acceptors (Lipinski definition) is 5. The summed E-state index contributed by atoms with van der Waals surface area (Å²) in [6.45, 7) is 6.92. The standard InChI is InChI=1S/C15H20N4O3S/c1-10(2)23(21,22)9-15(20)17-13-5-6-14(16-8-13)19-12(4)7-11(3)18-19/h5-8,10H,9H2,1-4H3,(H,17,20). The molecule has 0 aromatic carbocycles. The highest BCUT2D eigenvalue weighted by atomic mass is 32.2. The van der Waals surface area contributed by atoms with Crippen LogP contribution in [-0.4, -0.2) is 40.1 Å². The molecule has 2 aromatic heterocycles. The van der Waals surface area contributed by atoms with Crippen LogP contribution in [0.1, 0.15) is 25.2 Å². The minimum absolute atomic E-state index is 0.444. The summed E-state index contributed by atoms with van der Waals surface area (Å²) >= 11 is 0. The normalized spacial score (nSPS) is 11.7. The van der Waals surface area contributed by atoms with Crippen molar-refractivity contribution in [1.82, 2.24) is 14.8 Å². The molecule has 0 spiro atoms. The van der Waals surface area contributed by atoms with Crippen molar-refractivity contribution in [1.29, 1.82) is 0 Å². The SMILES string of the molecule is Cc1cc(C)n(-c2ccc(NC(=O)CS(=O)(=O)C(C)C)cn2)n1. The van der Waals surface area contributed by atoms with Gasteiger partial charge in [-0.2, -0.15) is 5.10 Å². The number of pyridine rings is 1. The first-order chi connectivity index (χ1) is 10.7. The Bertz CT molecular complexity index is 808. The van der Waals surface area contributed by atoms with Crippen molar-refractivity contribution in [2.24, 2.45) is 0 Å². The Kier molecular flexibility index (Phi) is 4.84. The minimum atomic E-state index is -3.42. The second-order valence-electron chi connectivity index (χ2n) is 5.65. The van der Waals surface area contributed by atoms with E-state index in [1.165, 1.54) is 6.20 Å². The molecule has 0 aliphatic heterocycles. The fraction of sp³-hybridized carbons (Fsp3) is 0.400. The molecule has 2 heterocycles.